The quantitative estimate of drug-likeness (QED) is 0.787. The van der Waals surface area contributed by atoms with Crippen LogP contribution in [0.25, 0.3) is 0 Å². The van der Waals surface area contributed by atoms with Crippen LogP contribution in [0, 0.1) is 3.57 Å². The third-order valence-electron chi connectivity index (χ3n) is 3.99. The van der Waals surface area contributed by atoms with Crippen LogP contribution in [0.3, 0.4) is 0 Å². The van der Waals surface area contributed by atoms with Gasteiger partial charge in [-0.2, -0.15) is 0 Å². The van der Waals surface area contributed by atoms with Gasteiger partial charge in [0.05, 0.1) is 0 Å². The second-order valence-corrected chi connectivity index (χ2v) is 6.50. The molecule has 0 aliphatic heterocycles. The average molecular weight is 364 g/mol. The van der Waals surface area contributed by atoms with Gasteiger partial charge in [-0.3, -0.25) is 0 Å². The molecular weight excluding hydrogens is 347 g/mol. The molecule has 1 aliphatic rings. The summed E-state index contributed by atoms with van der Waals surface area (Å²) in [5.74, 6) is 0.754. The molecule has 1 unspecified atom stereocenters. The summed E-state index contributed by atoms with van der Waals surface area (Å²) >= 11 is 2.27. The maximum absolute atomic E-state index is 10.4. The number of hydrogen-bond donors (Lipinski definition) is 1. The van der Waals surface area contributed by atoms with Crippen LogP contribution in [0.4, 0.5) is 0 Å². The summed E-state index contributed by atoms with van der Waals surface area (Å²) in [6, 6.07) is 16.5. The van der Waals surface area contributed by atoms with Gasteiger partial charge in [0.25, 0.3) is 0 Å². The Labute approximate surface area is 127 Å². The largest absolute Gasteiger partial charge is 0.384 e. The number of aliphatic hydroxyl groups is 1. The number of aliphatic hydroxyl groups excluding tert-OH is 1. The summed E-state index contributed by atoms with van der Waals surface area (Å²) in [5.41, 5.74) is 3.36. The smallest absolute Gasteiger partial charge is 0.104 e. The van der Waals surface area contributed by atoms with Gasteiger partial charge in [0.2, 0.25) is 0 Å². The van der Waals surface area contributed by atoms with Crippen LogP contribution in [0.15, 0.2) is 48.5 Å². The Kier molecular flexibility index (Phi) is 3.89. The first-order valence-electron chi connectivity index (χ1n) is 6.77. The first-order valence-corrected chi connectivity index (χ1v) is 7.85. The van der Waals surface area contributed by atoms with Crippen molar-refractivity contribution in [3.05, 3.63) is 68.8 Å². The van der Waals surface area contributed by atoms with Crippen molar-refractivity contribution in [3.63, 3.8) is 0 Å². The molecule has 1 saturated carbocycles. The molecule has 1 atom stereocenters. The van der Waals surface area contributed by atoms with E-state index in [1.807, 2.05) is 24.3 Å². The third kappa shape index (κ3) is 2.84. The molecule has 0 aromatic heterocycles. The molecule has 0 radical (unpaired) electrons. The summed E-state index contributed by atoms with van der Waals surface area (Å²) in [5, 5.41) is 10.4. The van der Waals surface area contributed by atoms with Crippen molar-refractivity contribution in [1.82, 2.24) is 0 Å². The van der Waals surface area contributed by atoms with E-state index >= 15 is 0 Å². The Bertz CT molecular complexity index is 558. The zero-order chi connectivity index (χ0) is 13.2. The van der Waals surface area contributed by atoms with Crippen molar-refractivity contribution < 1.29 is 5.11 Å². The minimum Gasteiger partial charge on any atom is -0.384 e. The second kappa shape index (κ2) is 5.63. The molecule has 3 rings (SSSR count). The highest BCUT2D eigenvalue weighted by atomic mass is 127. The monoisotopic (exact) mass is 364 g/mol. The minimum atomic E-state index is -0.523. The molecule has 1 nitrogen and oxygen atoms in total. The molecule has 2 heteroatoms. The van der Waals surface area contributed by atoms with Crippen molar-refractivity contribution in [2.75, 3.05) is 0 Å². The predicted octanol–water partition coefficient (Wildman–Crippen LogP) is 4.64. The van der Waals surface area contributed by atoms with E-state index in [4.69, 9.17) is 0 Å². The molecule has 1 aliphatic carbocycles. The fourth-order valence-corrected chi connectivity index (χ4v) is 3.13. The van der Waals surface area contributed by atoms with Crippen molar-refractivity contribution in [3.8, 4) is 0 Å². The van der Waals surface area contributed by atoms with E-state index in [1.165, 1.54) is 24.8 Å². The van der Waals surface area contributed by atoms with Gasteiger partial charge in [0.15, 0.2) is 0 Å². The van der Waals surface area contributed by atoms with E-state index in [2.05, 4.69) is 46.9 Å². The van der Waals surface area contributed by atoms with Gasteiger partial charge in [0, 0.05) is 3.57 Å². The van der Waals surface area contributed by atoms with Crippen LogP contribution in [0.5, 0.6) is 0 Å². The van der Waals surface area contributed by atoms with Crippen LogP contribution in [-0.4, -0.2) is 5.11 Å². The van der Waals surface area contributed by atoms with E-state index in [9.17, 15) is 5.11 Å². The summed E-state index contributed by atoms with van der Waals surface area (Å²) in [4.78, 5) is 0. The predicted molar refractivity (Wildman–Crippen MR) is 86.3 cm³/mol. The topological polar surface area (TPSA) is 20.2 Å². The Hall–Kier alpha value is -0.870. The Morgan fingerprint density at radius 1 is 1.00 bits per heavy atom. The third-order valence-corrected chi connectivity index (χ3v) is 4.66. The highest BCUT2D eigenvalue weighted by Crippen LogP contribution is 2.36. The molecule has 19 heavy (non-hydrogen) atoms. The van der Waals surface area contributed by atoms with E-state index in [1.54, 1.807) is 0 Å². The normalized spacial score (nSPS) is 16.9. The van der Waals surface area contributed by atoms with Crippen molar-refractivity contribution in [1.29, 1.82) is 0 Å². The van der Waals surface area contributed by atoms with Crippen LogP contribution >= 0.6 is 22.6 Å². The molecule has 0 heterocycles. The zero-order valence-corrected chi connectivity index (χ0v) is 12.9. The van der Waals surface area contributed by atoms with Gasteiger partial charge in [-0.05, 0) is 70.2 Å². The lowest BCUT2D eigenvalue weighted by atomic mass is 9.80. The van der Waals surface area contributed by atoms with E-state index in [0.717, 1.165) is 20.6 Å². The van der Waals surface area contributed by atoms with Crippen LogP contribution in [0.2, 0.25) is 0 Å². The summed E-state index contributed by atoms with van der Waals surface area (Å²) in [7, 11) is 0. The van der Waals surface area contributed by atoms with Gasteiger partial charge in [-0.25, -0.2) is 0 Å². The van der Waals surface area contributed by atoms with Gasteiger partial charge in [-0.15, -0.1) is 0 Å². The van der Waals surface area contributed by atoms with Gasteiger partial charge < -0.3 is 5.11 Å². The summed E-state index contributed by atoms with van der Waals surface area (Å²) in [6.07, 6.45) is 3.47. The lowest BCUT2D eigenvalue weighted by Crippen LogP contribution is -2.09. The number of benzene rings is 2. The van der Waals surface area contributed by atoms with Gasteiger partial charge in [0.1, 0.15) is 6.10 Å². The van der Waals surface area contributed by atoms with E-state index < -0.39 is 6.10 Å². The van der Waals surface area contributed by atoms with Crippen LogP contribution in [0.1, 0.15) is 48.0 Å². The fraction of sp³-hybridized carbons (Fsp3) is 0.294. The maximum atomic E-state index is 10.4. The number of rotatable bonds is 3. The summed E-state index contributed by atoms with van der Waals surface area (Å²) < 4.78 is 1.15. The molecule has 0 bridgehead atoms. The lowest BCUT2D eigenvalue weighted by Gasteiger charge is -2.26. The Morgan fingerprint density at radius 3 is 2.32 bits per heavy atom. The van der Waals surface area contributed by atoms with Crippen molar-refractivity contribution >= 4 is 22.6 Å². The molecule has 2 aromatic rings. The first kappa shape index (κ1) is 13.1. The molecule has 2 aromatic carbocycles. The molecule has 1 N–H and O–H groups in total. The maximum Gasteiger partial charge on any atom is 0.104 e. The van der Waals surface area contributed by atoms with E-state index in [0.29, 0.717) is 0 Å². The highest BCUT2D eigenvalue weighted by Gasteiger charge is 2.19. The van der Waals surface area contributed by atoms with Crippen molar-refractivity contribution in [2.45, 2.75) is 31.3 Å². The molecule has 0 spiro atoms. The van der Waals surface area contributed by atoms with Crippen LogP contribution < -0.4 is 0 Å². The minimum absolute atomic E-state index is 0.523. The van der Waals surface area contributed by atoms with Crippen LogP contribution in [-0.2, 0) is 0 Å². The molecule has 0 saturated heterocycles. The van der Waals surface area contributed by atoms with Gasteiger partial charge in [-0.1, -0.05) is 42.8 Å². The number of hydrogen-bond acceptors (Lipinski definition) is 1. The Morgan fingerprint density at radius 2 is 1.74 bits per heavy atom. The second-order valence-electron chi connectivity index (χ2n) is 5.25. The van der Waals surface area contributed by atoms with Gasteiger partial charge >= 0.3 is 0 Å². The Balaban J connectivity index is 1.81. The SMILES string of the molecule is OC(c1ccc(C2CCC2)cc1)c1cccc(I)c1. The molecule has 1 fully saturated rings. The number of halogens is 1. The fourth-order valence-electron chi connectivity index (χ4n) is 2.56. The lowest BCUT2D eigenvalue weighted by molar-refractivity contribution is 0.220. The summed E-state index contributed by atoms with van der Waals surface area (Å²) in [6.45, 7) is 0. The molecule has 98 valence electrons. The highest BCUT2D eigenvalue weighted by molar-refractivity contribution is 14.1. The molecular formula is C17H17IO. The van der Waals surface area contributed by atoms with E-state index in [-0.39, 0.29) is 0 Å². The molecule has 0 amide bonds. The van der Waals surface area contributed by atoms with Crippen molar-refractivity contribution in [2.24, 2.45) is 0 Å². The first-order chi connectivity index (χ1) is 9.24. The average Bonchev–Trinajstić information content (AvgIpc) is 2.37. The standard InChI is InChI=1S/C17H17IO/c18-16-6-2-5-15(11-16)17(19)14-9-7-13(8-10-14)12-3-1-4-12/h2,5-12,17,19H,1,3-4H2. The zero-order valence-electron chi connectivity index (χ0n) is 10.7.